The highest BCUT2D eigenvalue weighted by molar-refractivity contribution is 7.87. The number of nitrogens with two attached hydrogens (primary N) is 2. The van der Waals surface area contributed by atoms with E-state index in [1.54, 1.807) is 18.2 Å². The quantitative estimate of drug-likeness (QED) is 0.0885. The van der Waals surface area contributed by atoms with Gasteiger partial charge in [0, 0.05) is 6.54 Å². The van der Waals surface area contributed by atoms with Crippen LogP contribution in [0, 0.1) is 0 Å². The Kier molecular flexibility index (Phi) is 5.49. The van der Waals surface area contributed by atoms with Crippen molar-refractivity contribution in [1.29, 1.82) is 0 Å². The zero-order valence-corrected chi connectivity index (χ0v) is 12.3. The summed E-state index contributed by atoms with van der Waals surface area (Å²) in [6.45, 7) is 3.13. The minimum absolute atomic E-state index is 0.00566. The predicted octanol–water partition coefficient (Wildman–Crippen LogP) is -0.518. The number of guanidine groups is 1. The van der Waals surface area contributed by atoms with E-state index in [-0.39, 0.29) is 18.6 Å². The third-order valence-electron chi connectivity index (χ3n) is 2.62. The Hall–Kier alpha value is -2.59. The van der Waals surface area contributed by atoms with Gasteiger partial charge in [-0.05, 0) is 12.1 Å². The van der Waals surface area contributed by atoms with Gasteiger partial charge < -0.3 is 16.3 Å². The maximum atomic E-state index is 11.8. The number of hydrogen-bond acceptors (Lipinski definition) is 6. The van der Waals surface area contributed by atoms with Crippen LogP contribution in [0.2, 0.25) is 0 Å². The SMILES string of the molecule is C=CCN(C(N)=NN)C(C=O)(Oc1ccccc1)S(=O)(=O)O. The topological polar surface area (TPSA) is 148 Å². The second-order valence-electron chi connectivity index (χ2n) is 4.03. The Morgan fingerprint density at radius 2 is 2.05 bits per heavy atom. The van der Waals surface area contributed by atoms with Gasteiger partial charge in [-0.2, -0.15) is 8.42 Å². The molecule has 1 aromatic rings. The van der Waals surface area contributed by atoms with Crippen LogP contribution in [0.15, 0.2) is 48.1 Å². The lowest BCUT2D eigenvalue weighted by atomic mass is 10.3. The molecule has 0 heterocycles. The van der Waals surface area contributed by atoms with E-state index < -0.39 is 21.1 Å². The number of rotatable bonds is 7. The van der Waals surface area contributed by atoms with Crippen LogP contribution >= 0.6 is 0 Å². The molecule has 22 heavy (non-hydrogen) atoms. The van der Waals surface area contributed by atoms with Crippen molar-refractivity contribution < 1.29 is 22.5 Å². The van der Waals surface area contributed by atoms with Gasteiger partial charge in [0.1, 0.15) is 5.75 Å². The molecule has 0 aliphatic heterocycles. The Balaban J connectivity index is 3.50. The van der Waals surface area contributed by atoms with Crippen molar-refractivity contribution in [3.05, 3.63) is 43.0 Å². The molecule has 0 aliphatic carbocycles. The molecule has 0 aliphatic rings. The Morgan fingerprint density at radius 3 is 2.45 bits per heavy atom. The summed E-state index contributed by atoms with van der Waals surface area (Å²) in [7, 11) is -5.08. The molecule has 120 valence electrons. The molecule has 0 radical (unpaired) electrons. The van der Waals surface area contributed by atoms with E-state index in [1.165, 1.54) is 18.2 Å². The molecule has 1 rings (SSSR count). The van der Waals surface area contributed by atoms with E-state index >= 15 is 0 Å². The molecule has 0 spiro atoms. The lowest BCUT2D eigenvalue weighted by Crippen LogP contribution is -2.63. The normalized spacial score (nSPS) is 14.7. The molecule has 1 atom stereocenters. The van der Waals surface area contributed by atoms with Gasteiger partial charge in [-0.1, -0.05) is 24.3 Å². The summed E-state index contributed by atoms with van der Waals surface area (Å²) in [5.41, 5.74) is 5.50. The Bertz CT molecular complexity index is 661. The van der Waals surface area contributed by atoms with Crippen LogP contribution < -0.4 is 16.3 Å². The lowest BCUT2D eigenvalue weighted by Gasteiger charge is -2.36. The second-order valence-corrected chi connectivity index (χ2v) is 5.56. The number of benzene rings is 1. The summed E-state index contributed by atoms with van der Waals surface area (Å²) in [4.78, 5) is 12.2. The van der Waals surface area contributed by atoms with Crippen LogP contribution in [0.3, 0.4) is 0 Å². The zero-order chi connectivity index (χ0) is 16.8. The molecule has 1 unspecified atom stereocenters. The molecule has 0 aromatic heterocycles. The van der Waals surface area contributed by atoms with Crippen molar-refractivity contribution in [3.8, 4) is 5.75 Å². The number of hydrogen-bond donors (Lipinski definition) is 3. The fourth-order valence-electron chi connectivity index (χ4n) is 1.63. The van der Waals surface area contributed by atoms with Crippen molar-refractivity contribution in [2.45, 2.75) is 5.06 Å². The third-order valence-corrected chi connectivity index (χ3v) is 3.76. The first kappa shape index (κ1) is 17.5. The van der Waals surface area contributed by atoms with Gasteiger partial charge in [0.15, 0.2) is 0 Å². The zero-order valence-electron chi connectivity index (χ0n) is 11.5. The van der Waals surface area contributed by atoms with Crippen molar-refractivity contribution >= 4 is 22.4 Å². The molecular formula is C12H16N4O5S. The van der Waals surface area contributed by atoms with Crippen LogP contribution in [0.25, 0.3) is 0 Å². The van der Waals surface area contributed by atoms with Crippen LogP contribution in [0.5, 0.6) is 5.75 Å². The molecule has 0 saturated carbocycles. The highest BCUT2D eigenvalue weighted by Gasteiger charge is 2.53. The van der Waals surface area contributed by atoms with Crippen molar-refractivity contribution in [1.82, 2.24) is 4.90 Å². The van der Waals surface area contributed by atoms with Crippen molar-refractivity contribution in [2.24, 2.45) is 16.7 Å². The molecule has 0 amide bonds. The fraction of sp³-hybridized carbons (Fsp3) is 0.167. The van der Waals surface area contributed by atoms with Crippen LogP contribution in [-0.2, 0) is 14.9 Å². The number of ether oxygens (including phenoxy) is 1. The standard InChI is InChI=1S/C12H16N4O5S/c1-2-8-16(11(13)15-14)12(9-17,22(18,19)20)21-10-6-4-3-5-7-10/h2-7,9H,1,8,14H2,(H2,13,15)(H,18,19,20). The van der Waals surface area contributed by atoms with Gasteiger partial charge in [0.2, 0.25) is 12.2 Å². The Morgan fingerprint density at radius 1 is 1.45 bits per heavy atom. The largest absolute Gasteiger partial charge is 0.446 e. The van der Waals surface area contributed by atoms with Crippen molar-refractivity contribution in [3.63, 3.8) is 0 Å². The molecule has 0 saturated heterocycles. The average molecular weight is 328 g/mol. The summed E-state index contributed by atoms with van der Waals surface area (Å²) in [5, 5.41) is 0.283. The summed E-state index contributed by atoms with van der Waals surface area (Å²) in [5.74, 6) is 4.49. The summed E-state index contributed by atoms with van der Waals surface area (Å²) in [6, 6.07) is 7.54. The van der Waals surface area contributed by atoms with Gasteiger partial charge >= 0.3 is 15.2 Å². The van der Waals surface area contributed by atoms with Crippen LogP contribution in [0.1, 0.15) is 0 Å². The molecule has 5 N–H and O–H groups in total. The summed E-state index contributed by atoms with van der Waals surface area (Å²) in [6.07, 6.45) is 1.12. The maximum Gasteiger partial charge on any atom is 0.371 e. The van der Waals surface area contributed by atoms with Gasteiger partial charge in [0.05, 0.1) is 0 Å². The number of nitrogens with zero attached hydrogens (tertiary/aromatic N) is 2. The number of carbonyl (C=O) groups is 1. The fourth-order valence-corrected chi connectivity index (χ4v) is 2.40. The first-order valence-corrected chi connectivity index (χ1v) is 7.35. The van der Waals surface area contributed by atoms with Crippen LogP contribution in [0.4, 0.5) is 0 Å². The minimum Gasteiger partial charge on any atom is -0.446 e. The second kappa shape index (κ2) is 6.91. The molecule has 0 bridgehead atoms. The van der Waals surface area contributed by atoms with Gasteiger partial charge in [-0.25, -0.2) is 0 Å². The molecule has 9 nitrogen and oxygen atoms in total. The summed E-state index contributed by atoms with van der Waals surface area (Å²) >= 11 is 0. The number of para-hydroxylation sites is 1. The van der Waals surface area contributed by atoms with E-state index in [4.69, 9.17) is 16.3 Å². The predicted molar refractivity (Wildman–Crippen MR) is 80.1 cm³/mol. The number of hydrazone groups is 1. The minimum atomic E-state index is -5.08. The smallest absolute Gasteiger partial charge is 0.371 e. The lowest BCUT2D eigenvalue weighted by molar-refractivity contribution is -0.123. The summed E-state index contributed by atoms with van der Waals surface area (Å²) < 4.78 is 38.3. The number of carbonyl (C=O) groups excluding carboxylic acids is 1. The highest BCUT2D eigenvalue weighted by atomic mass is 32.2. The molecule has 1 aromatic carbocycles. The average Bonchev–Trinajstić information content (AvgIpc) is 2.49. The van der Waals surface area contributed by atoms with Gasteiger partial charge in [0.25, 0.3) is 0 Å². The molecule has 10 heteroatoms. The van der Waals surface area contributed by atoms with Gasteiger partial charge in [-0.15, -0.1) is 11.7 Å². The maximum absolute atomic E-state index is 11.8. The Labute approximate surface area is 127 Å². The van der Waals surface area contributed by atoms with Crippen LogP contribution in [-0.4, -0.2) is 41.7 Å². The number of aldehydes is 1. The first-order chi connectivity index (χ1) is 10.3. The molecule has 0 fully saturated rings. The van der Waals surface area contributed by atoms with E-state index in [2.05, 4.69) is 11.7 Å². The highest BCUT2D eigenvalue weighted by Crippen LogP contribution is 2.25. The van der Waals surface area contributed by atoms with E-state index in [0.717, 1.165) is 0 Å². The molecular weight excluding hydrogens is 312 g/mol. The monoisotopic (exact) mass is 328 g/mol. The van der Waals surface area contributed by atoms with Crippen molar-refractivity contribution in [2.75, 3.05) is 6.54 Å². The first-order valence-electron chi connectivity index (χ1n) is 5.91. The van der Waals surface area contributed by atoms with E-state index in [1.807, 2.05) is 0 Å². The van der Waals surface area contributed by atoms with Gasteiger partial charge in [-0.3, -0.25) is 14.2 Å². The third kappa shape index (κ3) is 3.35. The van der Waals surface area contributed by atoms with E-state index in [0.29, 0.717) is 4.90 Å². The van der Waals surface area contributed by atoms with E-state index in [9.17, 15) is 17.8 Å².